The summed E-state index contributed by atoms with van der Waals surface area (Å²) in [6, 6.07) is 4.21. The van der Waals surface area contributed by atoms with Gasteiger partial charge in [0.1, 0.15) is 23.2 Å². The molecule has 30 heavy (non-hydrogen) atoms. The molecule has 2 amide bonds. The lowest BCUT2D eigenvalue weighted by Crippen LogP contribution is -2.47. The van der Waals surface area contributed by atoms with Gasteiger partial charge in [-0.15, -0.1) is 22.7 Å². The molecule has 1 atom stereocenters. The van der Waals surface area contributed by atoms with Crippen LogP contribution in [0.2, 0.25) is 0 Å². The molecule has 0 bridgehead atoms. The Bertz CT molecular complexity index is 1070. The van der Waals surface area contributed by atoms with E-state index in [-0.39, 0.29) is 5.92 Å². The molecule has 3 aromatic rings. The Hall–Kier alpha value is -2.65. The van der Waals surface area contributed by atoms with Gasteiger partial charge in [-0.25, -0.2) is 13.8 Å². The average molecular weight is 450 g/mol. The Kier molecular flexibility index (Phi) is 6.62. The van der Waals surface area contributed by atoms with Gasteiger partial charge in [-0.3, -0.25) is 9.59 Å². The number of hydrogen-bond donors (Lipinski definition) is 2. The average Bonchev–Trinajstić information content (AvgIpc) is 3.24. The van der Waals surface area contributed by atoms with Gasteiger partial charge in [0.15, 0.2) is 5.13 Å². The largest absolute Gasteiger partial charge is 0.340 e. The fourth-order valence-electron chi connectivity index (χ4n) is 2.99. The lowest BCUT2D eigenvalue weighted by Gasteiger charge is -2.21. The topological polar surface area (TPSA) is 71.1 Å². The van der Waals surface area contributed by atoms with E-state index in [4.69, 9.17) is 0 Å². The Labute approximate surface area is 181 Å². The molecule has 0 fully saturated rings. The third-order valence-corrected chi connectivity index (χ3v) is 6.20. The van der Waals surface area contributed by atoms with Crippen molar-refractivity contribution in [2.45, 2.75) is 33.7 Å². The minimum absolute atomic E-state index is 0.315. The van der Waals surface area contributed by atoms with Crippen LogP contribution in [0.1, 0.15) is 34.0 Å². The summed E-state index contributed by atoms with van der Waals surface area (Å²) in [5.41, 5.74) is 1.06. The van der Waals surface area contributed by atoms with Gasteiger partial charge in [0, 0.05) is 20.7 Å². The molecule has 3 rings (SSSR count). The Morgan fingerprint density at radius 2 is 1.80 bits per heavy atom. The second kappa shape index (κ2) is 9.01. The first-order chi connectivity index (χ1) is 14.2. The van der Waals surface area contributed by atoms with Crippen molar-refractivity contribution in [2.24, 2.45) is 5.92 Å². The monoisotopic (exact) mass is 449 g/mol. The maximum Gasteiger partial charge on any atom is 0.257 e. The summed E-state index contributed by atoms with van der Waals surface area (Å²) in [6.45, 7) is 7.49. The molecule has 0 saturated carbocycles. The molecule has 0 radical (unpaired) electrons. The van der Waals surface area contributed by atoms with Crippen LogP contribution in [-0.2, 0) is 4.79 Å². The maximum atomic E-state index is 13.9. The van der Waals surface area contributed by atoms with Crippen LogP contribution in [0.3, 0.4) is 0 Å². The van der Waals surface area contributed by atoms with Crippen molar-refractivity contribution in [2.75, 3.05) is 5.32 Å². The minimum atomic E-state index is -0.992. The number of thiophene rings is 1. The summed E-state index contributed by atoms with van der Waals surface area (Å²) in [5, 5.41) is 7.36. The number of carbonyl (C=O) groups is 2. The standard InChI is InChI=1S/C21H21F2N3O2S2/c1-10(2)18(25-19(27)17-14(22)6-5-7-15(17)23)20(28)26-21-24-16(9-29-21)13-8-11(3)30-12(13)4/h5-10,18H,1-4H3,(H,25,27)(H,24,26,28)/t18-/m0/s1. The third kappa shape index (κ3) is 4.73. The number of anilines is 1. The molecular formula is C21H21F2N3O2S2. The SMILES string of the molecule is Cc1cc(-c2csc(NC(=O)[C@@H](NC(=O)c3c(F)cccc3F)C(C)C)n2)c(C)s1. The quantitative estimate of drug-likeness (QED) is 0.546. The number of nitrogens with zero attached hydrogens (tertiary/aromatic N) is 1. The van der Waals surface area contributed by atoms with Gasteiger partial charge in [0.2, 0.25) is 5.91 Å². The van der Waals surface area contributed by atoms with Gasteiger partial charge in [-0.1, -0.05) is 19.9 Å². The van der Waals surface area contributed by atoms with E-state index in [0.717, 1.165) is 28.3 Å². The molecule has 2 aromatic heterocycles. The maximum absolute atomic E-state index is 13.9. The Morgan fingerprint density at radius 1 is 1.13 bits per heavy atom. The molecule has 0 spiro atoms. The van der Waals surface area contributed by atoms with Gasteiger partial charge >= 0.3 is 0 Å². The number of aryl methyl sites for hydroxylation is 2. The summed E-state index contributed by atoms with van der Waals surface area (Å²) < 4.78 is 27.8. The highest BCUT2D eigenvalue weighted by atomic mass is 32.1. The highest BCUT2D eigenvalue weighted by molar-refractivity contribution is 7.14. The number of benzene rings is 1. The molecular weight excluding hydrogens is 428 g/mol. The van der Waals surface area contributed by atoms with E-state index >= 15 is 0 Å². The third-order valence-electron chi connectivity index (χ3n) is 4.48. The molecule has 0 unspecified atom stereocenters. The molecule has 9 heteroatoms. The normalized spacial score (nSPS) is 12.1. The van der Waals surface area contributed by atoms with Crippen LogP contribution in [0.5, 0.6) is 0 Å². The molecule has 5 nitrogen and oxygen atoms in total. The molecule has 2 N–H and O–H groups in total. The second-order valence-corrected chi connectivity index (χ2v) is 9.46. The Balaban J connectivity index is 1.75. The van der Waals surface area contributed by atoms with Crippen LogP contribution in [0, 0.1) is 31.4 Å². The first-order valence-corrected chi connectivity index (χ1v) is 11.0. The number of thiazole rings is 1. The fraction of sp³-hybridized carbons (Fsp3) is 0.286. The smallest absolute Gasteiger partial charge is 0.257 e. The lowest BCUT2D eigenvalue weighted by atomic mass is 10.0. The van der Waals surface area contributed by atoms with Gasteiger partial charge in [0.25, 0.3) is 5.91 Å². The predicted molar refractivity (Wildman–Crippen MR) is 116 cm³/mol. The van der Waals surface area contributed by atoms with E-state index in [1.807, 2.05) is 25.3 Å². The summed E-state index contributed by atoms with van der Waals surface area (Å²) in [5.74, 6) is -3.77. The predicted octanol–water partition coefficient (Wildman–Crippen LogP) is 5.16. The van der Waals surface area contributed by atoms with Crippen molar-refractivity contribution in [3.8, 4) is 11.3 Å². The van der Waals surface area contributed by atoms with E-state index < -0.39 is 35.1 Å². The second-order valence-electron chi connectivity index (χ2n) is 7.15. The Morgan fingerprint density at radius 3 is 2.37 bits per heavy atom. The van der Waals surface area contributed by atoms with Gasteiger partial charge in [-0.05, 0) is 38.0 Å². The van der Waals surface area contributed by atoms with Crippen molar-refractivity contribution in [1.82, 2.24) is 10.3 Å². The summed E-state index contributed by atoms with van der Waals surface area (Å²) in [7, 11) is 0. The van der Waals surface area contributed by atoms with Crippen molar-refractivity contribution in [1.29, 1.82) is 0 Å². The summed E-state index contributed by atoms with van der Waals surface area (Å²) in [4.78, 5) is 31.9. The van der Waals surface area contributed by atoms with E-state index in [9.17, 15) is 18.4 Å². The van der Waals surface area contributed by atoms with E-state index in [2.05, 4.69) is 15.6 Å². The molecule has 0 saturated heterocycles. The van der Waals surface area contributed by atoms with Gasteiger partial charge in [-0.2, -0.15) is 0 Å². The minimum Gasteiger partial charge on any atom is -0.340 e. The molecule has 2 heterocycles. The molecule has 158 valence electrons. The lowest BCUT2D eigenvalue weighted by molar-refractivity contribution is -0.118. The number of carbonyl (C=O) groups excluding carboxylic acids is 2. The van der Waals surface area contributed by atoms with E-state index in [1.54, 1.807) is 25.2 Å². The van der Waals surface area contributed by atoms with Gasteiger partial charge < -0.3 is 10.6 Å². The number of amides is 2. The van der Waals surface area contributed by atoms with Crippen LogP contribution in [0.15, 0.2) is 29.6 Å². The fourth-order valence-corrected chi connectivity index (χ4v) is 4.63. The van der Waals surface area contributed by atoms with Crippen LogP contribution >= 0.6 is 22.7 Å². The zero-order valence-electron chi connectivity index (χ0n) is 16.9. The van der Waals surface area contributed by atoms with Crippen molar-refractivity contribution < 1.29 is 18.4 Å². The molecule has 0 aliphatic rings. The van der Waals surface area contributed by atoms with Crippen molar-refractivity contribution in [3.63, 3.8) is 0 Å². The highest BCUT2D eigenvalue weighted by Gasteiger charge is 2.28. The number of halogens is 2. The van der Waals surface area contributed by atoms with E-state index in [1.165, 1.54) is 22.3 Å². The summed E-state index contributed by atoms with van der Waals surface area (Å²) >= 11 is 2.94. The van der Waals surface area contributed by atoms with Crippen LogP contribution in [0.4, 0.5) is 13.9 Å². The molecule has 0 aliphatic heterocycles. The van der Waals surface area contributed by atoms with Crippen LogP contribution in [0.25, 0.3) is 11.3 Å². The highest BCUT2D eigenvalue weighted by Crippen LogP contribution is 2.32. The number of aromatic nitrogens is 1. The van der Waals surface area contributed by atoms with Crippen molar-refractivity contribution in [3.05, 3.63) is 56.6 Å². The number of hydrogen-bond acceptors (Lipinski definition) is 5. The van der Waals surface area contributed by atoms with Crippen LogP contribution in [-0.4, -0.2) is 22.8 Å². The zero-order chi connectivity index (χ0) is 22.0. The zero-order valence-corrected chi connectivity index (χ0v) is 18.5. The molecule has 0 aliphatic carbocycles. The molecule has 1 aromatic carbocycles. The number of nitrogens with one attached hydrogen (secondary N) is 2. The first-order valence-electron chi connectivity index (χ1n) is 9.26. The summed E-state index contributed by atoms with van der Waals surface area (Å²) in [6.07, 6.45) is 0. The first kappa shape index (κ1) is 22.0. The van der Waals surface area contributed by atoms with E-state index in [0.29, 0.717) is 5.13 Å². The van der Waals surface area contributed by atoms with Crippen LogP contribution < -0.4 is 10.6 Å². The number of rotatable bonds is 6. The van der Waals surface area contributed by atoms with Crippen molar-refractivity contribution >= 4 is 39.6 Å². The van der Waals surface area contributed by atoms with Gasteiger partial charge in [0.05, 0.1) is 5.69 Å².